The summed E-state index contributed by atoms with van der Waals surface area (Å²) in [5.74, 6) is -1.35. The molecule has 2 atom stereocenters. The van der Waals surface area contributed by atoms with Crippen LogP contribution < -0.4 is 5.56 Å². The minimum atomic E-state index is -0.556. The first kappa shape index (κ1) is 19.3. The lowest BCUT2D eigenvalue weighted by Gasteiger charge is -2.20. The average Bonchev–Trinajstić information content (AvgIpc) is 3.19. The average molecular weight is 394 g/mol. The molecular formula is C22H22N2O5. The van der Waals surface area contributed by atoms with E-state index in [1.165, 1.54) is 17.9 Å². The molecule has 1 aromatic carbocycles. The molecule has 2 fully saturated rings. The monoisotopic (exact) mass is 394 g/mol. The molecule has 7 nitrogen and oxygen atoms in total. The maximum atomic E-state index is 13.2. The second-order valence-corrected chi connectivity index (χ2v) is 7.47. The van der Waals surface area contributed by atoms with E-state index in [-0.39, 0.29) is 47.7 Å². The zero-order valence-electron chi connectivity index (χ0n) is 16.1. The summed E-state index contributed by atoms with van der Waals surface area (Å²) in [7, 11) is 1.53. The Bertz CT molecular complexity index is 1030. The van der Waals surface area contributed by atoms with Crippen molar-refractivity contribution in [2.75, 3.05) is 13.7 Å². The summed E-state index contributed by atoms with van der Waals surface area (Å²) in [6, 6.07) is 9.19. The number of rotatable bonds is 5. The molecule has 150 valence electrons. The fourth-order valence-corrected chi connectivity index (χ4v) is 4.22. The smallest absolute Gasteiger partial charge is 0.264 e. The fraction of sp³-hybridized carbons (Fsp3) is 0.364. The lowest BCUT2D eigenvalue weighted by Crippen LogP contribution is -2.32. The number of allylic oxidation sites excluding steroid dienone is 1. The number of hydrogen-bond acceptors (Lipinski definition) is 6. The number of aliphatic hydroxyl groups is 1. The standard InChI is InChI=1S/C22H22N2O5/c1-29-10-9-24-21(13-5-3-2-4-6-13)23-12-16(22(24)28)20(27)17-18(25)14-7-8-15(11-14)19(17)26/h2-6,12,14-15,27H,7-11H2,1H3. The van der Waals surface area contributed by atoms with Crippen molar-refractivity contribution in [1.82, 2.24) is 9.55 Å². The Hall–Kier alpha value is -3.06. The normalized spacial score (nSPS) is 20.9. The molecule has 2 aromatic rings. The van der Waals surface area contributed by atoms with Crippen molar-refractivity contribution in [3.8, 4) is 11.4 Å². The second-order valence-electron chi connectivity index (χ2n) is 7.47. The predicted molar refractivity (Wildman–Crippen MR) is 106 cm³/mol. The van der Waals surface area contributed by atoms with Crippen molar-refractivity contribution in [3.63, 3.8) is 0 Å². The van der Waals surface area contributed by atoms with Crippen molar-refractivity contribution in [2.45, 2.75) is 25.8 Å². The largest absolute Gasteiger partial charge is 0.506 e. The van der Waals surface area contributed by atoms with E-state index in [2.05, 4.69) is 4.98 Å². The van der Waals surface area contributed by atoms with E-state index >= 15 is 0 Å². The third-order valence-corrected chi connectivity index (χ3v) is 5.76. The number of benzene rings is 1. The first-order chi connectivity index (χ1) is 14.0. The highest BCUT2D eigenvalue weighted by atomic mass is 16.5. The molecule has 0 radical (unpaired) electrons. The molecule has 0 saturated heterocycles. The summed E-state index contributed by atoms with van der Waals surface area (Å²) >= 11 is 0. The van der Waals surface area contributed by atoms with Crippen LogP contribution in [0.4, 0.5) is 0 Å². The topological polar surface area (TPSA) is 98.5 Å². The Kier molecular flexibility index (Phi) is 5.15. The highest BCUT2D eigenvalue weighted by Crippen LogP contribution is 2.41. The number of ether oxygens (including phenoxy) is 1. The maximum absolute atomic E-state index is 13.2. The molecule has 2 bridgehead atoms. The summed E-state index contributed by atoms with van der Waals surface area (Å²) in [5.41, 5.74) is -0.158. The number of ketones is 2. The van der Waals surface area contributed by atoms with Crippen LogP contribution in [0.5, 0.6) is 0 Å². The molecule has 2 unspecified atom stereocenters. The minimum Gasteiger partial charge on any atom is -0.506 e. The highest BCUT2D eigenvalue weighted by molar-refractivity contribution is 6.27. The van der Waals surface area contributed by atoms with Crippen molar-refractivity contribution in [3.05, 3.63) is 58.0 Å². The van der Waals surface area contributed by atoms with E-state index in [0.717, 1.165) is 5.56 Å². The van der Waals surface area contributed by atoms with E-state index in [1.807, 2.05) is 30.3 Å². The number of aliphatic hydroxyl groups excluding tert-OH is 1. The van der Waals surface area contributed by atoms with Gasteiger partial charge in [-0.25, -0.2) is 4.98 Å². The van der Waals surface area contributed by atoms with Gasteiger partial charge >= 0.3 is 0 Å². The van der Waals surface area contributed by atoms with Gasteiger partial charge in [0, 0.05) is 30.7 Å². The van der Waals surface area contributed by atoms with Crippen LogP contribution in [0.1, 0.15) is 24.8 Å². The van der Waals surface area contributed by atoms with Gasteiger partial charge in [0.05, 0.1) is 13.2 Å². The number of Topliss-reactive ketones (excluding diaryl/α,β-unsaturated/α-hetero) is 2. The maximum Gasteiger partial charge on any atom is 0.264 e. The molecule has 0 spiro atoms. The van der Waals surface area contributed by atoms with E-state index in [1.54, 1.807) is 0 Å². The molecule has 7 heteroatoms. The number of aromatic nitrogens is 2. The van der Waals surface area contributed by atoms with Gasteiger partial charge < -0.3 is 9.84 Å². The quantitative estimate of drug-likeness (QED) is 0.475. The third-order valence-electron chi connectivity index (χ3n) is 5.76. The first-order valence-electron chi connectivity index (χ1n) is 9.69. The van der Waals surface area contributed by atoms with Gasteiger partial charge in [-0.3, -0.25) is 19.0 Å². The van der Waals surface area contributed by atoms with Gasteiger partial charge in [-0.2, -0.15) is 0 Å². The summed E-state index contributed by atoms with van der Waals surface area (Å²) in [6.45, 7) is 0.486. The van der Waals surface area contributed by atoms with E-state index < -0.39 is 11.3 Å². The van der Waals surface area contributed by atoms with Crippen LogP contribution in [0, 0.1) is 11.8 Å². The zero-order valence-corrected chi connectivity index (χ0v) is 16.1. The van der Waals surface area contributed by atoms with Gasteiger partial charge in [-0.05, 0) is 19.3 Å². The van der Waals surface area contributed by atoms with Gasteiger partial charge in [0.15, 0.2) is 11.6 Å². The zero-order chi connectivity index (χ0) is 20.5. The molecular weight excluding hydrogens is 372 g/mol. The highest BCUT2D eigenvalue weighted by Gasteiger charge is 2.45. The lowest BCUT2D eigenvalue weighted by molar-refractivity contribution is -0.127. The summed E-state index contributed by atoms with van der Waals surface area (Å²) in [5, 5.41) is 10.8. The predicted octanol–water partition coefficient (Wildman–Crippen LogP) is 2.39. The number of fused-ring (bicyclic) bond motifs is 2. The second kappa shape index (κ2) is 7.75. The molecule has 2 aliphatic carbocycles. The molecule has 1 heterocycles. The van der Waals surface area contributed by atoms with Crippen LogP contribution >= 0.6 is 0 Å². The summed E-state index contributed by atoms with van der Waals surface area (Å²) in [6.07, 6.45) is 3.08. The van der Waals surface area contributed by atoms with E-state index in [4.69, 9.17) is 4.74 Å². The molecule has 1 aromatic heterocycles. The Morgan fingerprint density at radius 2 is 1.79 bits per heavy atom. The van der Waals surface area contributed by atoms with Crippen LogP contribution in [0.25, 0.3) is 17.1 Å². The van der Waals surface area contributed by atoms with Gasteiger partial charge in [0.25, 0.3) is 5.56 Å². The summed E-state index contributed by atoms with van der Waals surface area (Å²) in [4.78, 5) is 42.9. The van der Waals surface area contributed by atoms with Crippen LogP contribution in [-0.2, 0) is 20.9 Å². The van der Waals surface area contributed by atoms with Crippen molar-refractivity contribution < 1.29 is 19.4 Å². The van der Waals surface area contributed by atoms with Crippen molar-refractivity contribution in [2.24, 2.45) is 11.8 Å². The third kappa shape index (κ3) is 3.31. The Balaban J connectivity index is 1.85. The molecule has 0 aliphatic heterocycles. The minimum absolute atomic E-state index is 0.140. The van der Waals surface area contributed by atoms with E-state index in [0.29, 0.717) is 25.1 Å². The Labute approximate surface area is 167 Å². The van der Waals surface area contributed by atoms with Gasteiger partial charge in [0.2, 0.25) is 0 Å². The Morgan fingerprint density at radius 1 is 1.14 bits per heavy atom. The molecule has 2 aliphatic rings. The lowest BCUT2D eigenvalue weighted by atomic mass is 9.81. The van der Waals surface area contributed by atoms with Crippen LogP contribution in [0.15, 0.2) is 46.9 Å². The van der Waals surface area contributed by atoms with Gasteiger partial charge in [-0.15, -0.1) is 0 Å². The van der Waals surface area contributed by atoms with Crippen molar-refractivity contribution >= 4 is 17.3 Å². The number of carbonyl (C=O) groups excluding carboxylic acids is 2. The van der Waals surface area contributed by atoms with E-state index in [9.17, 15) is 19.5 Å². The van der Waals surface area contributed by atoms with Crippen LogP contribution in [-0.4, -0.2) is 39.9 Å². The number of carbonyl (C=O) groups is 2. The fourth-order valence-electron chi connectivity index (χ4n) is 4.22. The molecule has 1 N–H and O–H groups in total. The summed E-state index contributed by atoms with van der Waals surface area (Å²) < 4.78 is 6.51. The van der Waals surface area contributed by atoms with Crippen LogP contribution in [0.3, 0.4) is 0 Å². The van der Waals surface area contributed by atoms with Gasteiger partial charge in [0.1, 0.15) is 22.7 Å². The number of methoxy groups -OCH3 is 1. The van der Waals surface area contributed by atoms with Crippen LogP contribution in [0.2, 0.25) is 0 Å². The molecule has 2 saturated carbocycles. The number of nitrogens with zero attached hydrogens (tertiary/aromatic N) is 2. The van der Waals surface area contributed by atoms with Crippen molar-refractivity contribution in [1.29, 1.82) is 0 Å². The first-order valence-corrected chi connectivity index (χ1v) is 9.69. The molecule has 29 heavy (non-hydrogen) atoms. The molecule has 0 amide bonds. The Morgan fingerprint density at radius 3 is 2.41 bits per heavy atom. The van der Waals surface area contributed by atoms with Gasteiger partial charge in [-0.1, -0.05) is 30.3 Å². The molecule has 4 rings (SSSR count). The number of hydrogen-bond donors (Lipinski definition) is 1. The SMILES string of the molecule is COCCn1c(-c2ccccc2)ncc(C(O)=C2C(=O)C3CCC(C3)C2=O)c1=O.